The molecule has 12 nitrogen and oxygen atoms in total. The molecule has 0 spiro atoms. The largest absolute Gasteiger partial charge is 0.382 e. The summed E-state index contributed by atoms with van der Waals surface area (Å²) in [7, 11) is 3.14. The summed E-state index contributed by atoms with van der Waals surface area (Å²) in [5.74, 6) is 2.81. The van der Waals surface area contributed by atoms with Gasteiger partial charge in [-0.1, -0.05) is 19.3 Å². The number of methoxy groups -OCH3 is 2. The first-order valence-corrected chi connectivity index (χ1v) is 10.4. The van der Waals surface area contributed by atoms with E-state index in [0.717, 1.165) is 0 Å². The van der Waals surface area contributed by atoms with E-state index in [1.807, 2.05) is 0 Å². The summed E-state index contributed by atoms with van der Waals surface area (Å²) in [5.41, 5.74) is 4.79. The van der Waals surface area contributed by atoms with Crippen LogP contribution in [-0.4, -0.2) is 95.7 Å². The predicted molar refractivity (Wildman–Crippen MR) is 128 cm³/mol. The zero-order valence-electron chi connectivity index (χ0n) is 19.8. The van der Waals surface area contributed by atoms with E-state index in [4.69, 9.17) is 31.1 Å². The van der Waals surface area contributed by atoms with Gasteiger partial charge >= 0.3 is 5.97 Å². The van der Waals surface area contributed by atoms with Crippen LogP contribution >= 0.6 is 0 Å². The highest BCUT2D eigenvalue weighted by molar-refractivity contribution is 6.01. The fraction of sp³-hybridized carbons (Fsp3) is 0.652. The summed E-state index contributed by atoms with van der Waals surface area (Å²) >= 11 is 0. The fourth-order valence-electron chi connectivity index (χ4n) is 1.85. The van der Waals surface area contributed by atoms with Crippen molar-refractivity contribution in [2.75, 3.05) is 67.0 Å². The van der Waals surface area contributed by atoms with Crippen LogP contribution in [0.5, 0.6) is 0 Å². The molecular weight excluding hydrogens is 462 g/mol. The van der Waals surface area contributed by atoms with E-state index in [1.54, 1.807) is 14.2 Å². The predicted octanol–water partition coefficient (Wildman–Crippen LogP) is -0.350. The number of nitrogens with two attached hydrogens (primary N) is 1. The van der Waals surface area contributed by atoms with Crippen molar-refractivity contribution in [3.63, 3.8) is 0 Å². The molecule has 1 saturated heterocycles. The van der Waals surface area contributed by atoms with Crippen LogP contribution in [0.25, 0.3) is 0 Å². The second kappa shape index (κ2) is 27.2. The molecule has 0 unspecified atom stereocenters. The summed E-state index contributed by atoms with van der Waals surface area (Å²) in [5, 5.41) is 3.06. The number of hydrogen-bond acceptors (Lipinski definition) is 10. The van der Waals surface area contributed by atoms with Gasteiger partial charge in [-0.25, -0.2) is 4.79 Å². The van der Waals surface area contributed by atoms with Crippen molar-refractivity contribution in [2.45, 2.75) is 33.1 Å². The number of ether oxygens (including phenoxy) is 4. The van der Waals surface area contributed by atoms with Crippen LogP contribution in [0, 0.1) is 24.7 Å². The molecule has 1 heterocycles. The Balaban J connectivity index is -0.000000508. The summed E-state index contributed by atoms with van der Waals surface area (Å²) in [6, 6.07) is 0. The lowest BCUT2D eigenvalue weighted by Gasteiger charge is -2.12. The van der Waals surface area contributed by atoms with Crippen LogP contribution in [0.3, 0.4) is 0 Å². The molecule has 1 aliphatic rings. The minimum Gasteiger partial charge on any atom is -0.382 e. The van der Waals surface area contributed by atoms with E-state index in [2.05, 4.69) is 28.4 Å². The van der Waals surface area contributed by atoms with Gasteiger partial charge in [-0.2, -0.15) is 0 Å². The van der Waals surface area contributed by atoms with Crippen LogP contribution in [0.15, 0.2) is 0 Å². The van der Waals surface area contributed by atoms with Crippen LogP contribution in [0.4, 0.5) is 0 Å². The lowest BCUT2D eigenvalue weighted by atomic mass is 10.4. The van der Waals surface area contributed by atoms with Crippen LogP contribution in [0.2, 0.25) is 0 Å². The molecule has 12 heteroatoms. The molecule has 0 aliphatic carbocycles. The SMILES string of the molecule is C.C#CCN.C#CCNC(=O)CCOCCOC.COCCOCCC(=O)ON1C(=O)CCC1=O. The zero-order chi connectivity index (χ0) is 26.0. The number of hydroxylamine groups is 2. The van der Waals surface area contributed by atoms with E-state index >= 15 is 0 Å². The maximum Gasteiger partial charge on any atom is 0.335 e. The number of nitrogens with zero attached hydrogens (tertiary/aromatic N) is 1. The summed E-state index contributed by atoms with van der Waals surface area (Å²) < 4.78 is 19.6. The number of amides is 3. The highest BCUT2D eigenvalue weighted by atomic mass is 16.7. The van der Waals surface area contributed by atoms with Crippen molar-refractivity contribution in [1.82, 2.24) is 10.4 Å². The van der Waals surface area contributed by atoms with Gasteiger partial charge in [0.15, 0.2) is 0 Å². The lowest BCUT2D eigenvalue weighted by Crippen LogP contribution is -2.32. The highest BCUT2D eigenvalue weighted by Crippen LogP contribution is 2.12. The van der Waals surface area contributed by atoms with Gasteiger partial charge in [0.25, 0.3) is 11.8 Å². The first-order valence-electron chi connectivity index (χ1n) is 10.4. The summed E-state index contributed by atoms with van der Waals surface area (Å²) in [6.45, 7) is 3.07. The monoisotopic (exact) mass is 501 g/mol. The Kier molecular flexibility index (Phi) is 28.5. The first kappa shape index (κ1) is 36.6. The third kappa shape index (κ3) is 23.9. The van der Waals surface area contributed by atoms with E-state index in [-0.39, 0.29) is 45.7 Å². The molecule has 35 heavy (non-hydrogen) atoms. The van der Waals surface area contributed by atoms with Gasteiger partial charge in [0.1, 0.15) is 0 Å². The van der Waals surface area contributed by atoms with E-state index in [9.17, 15) is 19.2 Å². The van der Waals surface area contributed by atoms with E-state index < -0.39 is 17.8 Å². The van der Waals surface area contributed by atoms with Crippen molar-refractivity contribution >= 4 is 23.7 Å². The van der Waals surface area contributed by atoms with Crippen molar-refractivity contribution in [3.05, 3.63) is 0 Å². The normalized spacial score (nSPS) is 11.5. The van der Waals surface area contributed by atoms with E-state index in [1.165, 1.54) is 0 Å². The number of carbonyl (C=O) groups excluding carboxylic acids is 4. The highest BCUT2D eigenvalue weighted by Gasteiger charge is 2.32. The topological polar surface area (TPSA) is 156 Å². The summed E-state index contributed by atoms with van der Waals surface area (Å²) in [6.07, 6.45) is 10.1. The van der Waals surface area contributed by atoms with Crippen LogP contribution in [-0.2, 0) is 43.0 Å². The van der Waals surface area contributed by atoms with E-state index in [0.29, 0.717) is 51.1 Å². The third-order valence-corrected chi connectivity index (χ3v) is 3.49. The molecule has 0 atom stereocenters. The molecule has 1 fully saturated rings. The maximum atomic E-state index is 11.2. The number of terminal acetylenes is 2. The minimum absolute atomic E-state index is 0. The Hall–Kier alpha value is -3.00. The van der Waals surface area contributed by atoms with Gasteiger partial charge in [-0.3, -0.25) is 14.4 Å². The van der Waals surface area contributed by atoms with Crippen molar-refractivity contribution in [1.29, 1.82) is 0 Å². The third-order valence-electron chi connectivity index (χ3n) is 3.49. The molecular formula is C23H39N3O9. The molecule has 0 saturated carbocycles. The smallest absolute Gasteiger partial charge is 0.335 e. The van der Waals surface area contributed by atoms with Gasteiger partial charge in [0.2, 0.25) is 5.91 Å². The molecule has 0 aromatic rings. The minimum atomic E-state index is -0.661. The van der Waals surface area contributed by atoms with Crippen molar-refractivity contribution < 1.29 is 43.0 Å². The Morgan fingerprint density at radius 2 is 1.40 bits per heavy atom. The first-order chi connectivity index (χ1) is 16.4. The lowest BCUT2D eigenvalue weighted by molar-refractivity contribution is -0.198. The summed E-state index contributed by atoms with van der Waals surface area (Å²) in [4.78, 5) is 49.0. The Bertz CT molecular complexity index is 656. The molecule has 0 aromatic heterocycles. The molecule has 0 radical (unpaired) electrons. The van der Waals surface area contributed by atoms with Gasteiger partial charge in [-0.15, -0.1) is 17.9 Å². The quantitative estimate of drug-likeness (QED) is 0.183. The van der Waals surface area contributed by atoms with Crippen LogP contribution < -0.4 is 11.1 Å². The molecule has 3 amide bonds. The number of nitrogens with one attached hydrogen (secondary N) is 1. The standard InChI is InChI=1S/C10H15NO6.C9H15NO3.C3H5N.CH4/c1-15-6-7-16-5-4-10(14)17-11-8(12)2-3-9(11)13;1-3-5-10-9(11)4-6-13-8-7-12-2;1-2-3-4;/h2-7H2,1H3;1H,4-8H2,2H3,(H,10,11);1H,3-4H2;1H4. The average molecular weight is 502 g/mol. The Morgan fingerprint density at radius 3 is 1.83 bits per heavy atom. The second-order valence-corrected chi connectivity index (χ2v) is 6.14. The molecule has 1 aliphatic heterocycles. The average Bonchev–Trinajstić information content (AvgIpc) is 3.15. The number of hydrogen-bond donors (Lipinski definition) is 2. The Labute approximate surface area is 208 Å². The molecule has 3 N–H and O–H groups in total. The number of imide groups is 1. The molecule has 0 bridgehead atoms. The molecule has 0 aromatic carbocycles. The molecule has 200 valence electrons. The number of rotatable bonds is 14. The Morgan fingerprint density at radius 1 is 0.914 bits per heavy atom. The van der Waals surface area contributed by atoms with Crippen molar-refractivity contribution in [3.8, 4) is 24.7 Å². The van der Waals surface area contributed by atoms with Crippen molar-refractivity contribution in [2.24, 2.45) is 5.73 Å². The zero-order valence-corrected chi connectivity index (χ0v) is 19.8. The fourth-order valence-corrected chi connectivity index (χ4v) is 1.85. The van der Waals surface area contributed by atoms with Gasteiger partial charge in [0, 0.05) is 33.5 Å². The van der Waals surface area contributed by atoms with Gasteiger partial charge in [0.05, 0.1) is 59.2 Å². The van der Waals surface area contributed by atoms with Gasteiger partial charge in [-0.05, 0) is 0 Å². The maximum absolute atomic E-state index is 11.2. The number of carbonyl (C=O) groups is 4. The molecule has 1 rings (SSSR count). The van der Waals surface area contributed by atoms with Gasteiger partial charge < -0.3 is 34.8 Å². The van der Waals surface area contributed by atoms with Crippen LogP contribution in [0.1, 0.15) is 33.1 Å². The second-order valence-electron chi connectivity index (χ2n) is 6.14.